The van der Waals surface area contributed by atoms with Gasteiger partial charge in [-0.15, -0.1) is 0 Å². The summed E-state index contributed by atoms with van der Waals surface area (Å²) in [6.07, 6.45) is 6.24. The second-order valence-electron chi connectivity index (χ2n) is 9.14. The molecular weight excluding hydrogens is 454 g/mol. The number of carbonyl (C=O) groups excluding carboxylic acids is 1. The molecule has 0 aliphatic carbocycles. The normalized spacial score (nSPS) is 17.8. The van der Waals surface area contributed by atoms with Gasteiger partial charge in [-0.2, -0.15) is 0 Å². The van der Waals surface area contributed by atoms with Crippen LogP contribution in [0.4, 0.5) is 5.82 Å². The molecule has 0 bridgehead atoms. The topological polar surface area (TPSA) is 61.4 Å². The molecule has 1 aromatic heterocycles. The summed E-state index contributed by atoms with van der Waals surface area (Å²) in [5.74, 6) is 2.41. The van der Waals surface area contributed by atoms with Crippen molar-refractivity contribution in [1.82, 2.24) is 20.2 Å². The number of piperidine rings is 2. The van der Waals surface area contributed by atoms with Crippen LogP contribution in [0.5, 0.6) is 0 Å². The Labute approximate surface area is 206 Å². The highest BCUT2D eigenvalue weighted by atomic mass is 35.5. The zero-order valence-corrected chi connectivity index (χ0v) is 21.0. The number of likely N-dealkylation sites (tertiary alicyclic amines) is 1. The molecular formula is C25H34ClN5OS. The Morgan fingerprint density at radius 2 is 1.82 bits per heavy atom. The van der Waals surface area contributed by atoms with Crippen molar-refractivity contribution in [2.24, 2.45) is 5.92 Å². The van der Waals surface area contributed by atoms with Crippen molar-refractivity contribution in [3.05, 3.63) is 46.6 Å². The molecule has 1 aromatic carbocycles. The van der Waals surface area contributed by atoms with Crippen LogP contribution in [0.3, 0.4) is 0 Å². The zero-order valence-electron chi connectivity index (χ0n) is 19.4. The van der Waals surface area contributed by atoms with Gasteiger partial charge in [0.05, 0.1) is 0 Å². The average Bonchev–Trinajstić information content (AvgIpc) is 2.84. The number of nitrogens with zero attached hydrogens (tertiary/aromatic N) is 4. The number of aromatic nitrogens is 2. The first-order valence-electron chi connectivity index (χ1n) is 12.1. The smallest absolute Gasteiger partial charge is 0.251 e. The van der Waals surface area contributed by atoms with E-state index in [4.69, 9.17) is 16.6 Å². The number of thioether (sulfide) groups is 1. The van der Waals surface area contributed by atoms with Crippen LogP contribution in [0.25, 0.3) is 0 Å². The summed E-state index contributed by atoms with van der Waals surface area (Å²) in [4.78, 5) is 26.3. The summed E-state index contributed by atoms with van der Waals surface area (Å²) in [5, 5.41) is 4.22. The quantitative estimate of drug-likeness (QED) is 0.325. The molecule has 4 rings (SSSR count). The van der Waals surface area contributed by atoms with Crippen molar-refractivity contribution in [2.45, 2.75) is 49.9 Å². The molecule has 1 N–H and O–H groups in total. The molecule has 2 fully saturated rings. The van der Waals surface area contributed by atoms with E-state index in [0.717, 1.165) is 55.8 Å². The standard InChI is InChI=1S/C25H34ClN5OS/c1-19-9-14-31(15-10-19)23-17-22(26)28-25(29-23)33-18-20-5-7-21(8-6-20)24(32)27-11-16-30-12-3-2-4-13-30/h5-8,17,19H,2-4,9-16,18H2,1H3,(H,27,32). The maximum atomic E-state index is 12.4. The lowest BCUT2D eigenvalue weighted by Crippen LogP contribution is -2.37. The molecule has 2 aliphatic heterocycles. The van der Waals surface area contributed by atoms with Crippen LogP contribution >= 0.6 is 23.4 Å². The Hall–Kier alpha value is -1.83. The van der Waals surface area contributed by atoms with Crippen LogP contribution in [0.1, 0.15) is 54.9 Å². The van der Waals surface area contributed by atoms with E-state index in [2.05, 4.69) is 27.0 Å². The second-order valence-corrected chi connectivity index (χ2v) is 10.5. The molecule has 2 aromatic rings. The molecule has 8 heteroatoms. The molecule has 1 amide bonds. The number of rotatable bonds is 8. The first-order chi connectivity index (χ1) is 16.1. The molecule has 2 aliphatic rings. The number of hydrogen-bond acceptors (Lipinski definition) is 6. The van der Waals surface area contributed by atoms with E-state index >= 15 is 0 Å². The van der Waals surface area contributed by atoms with Gasteiger partial charge in [-0.1, -0.05) is 48.8 Å². The van der Waals surface area contributed by atoms with Gasteiger partial charge in [0, 0.05) is 43.6 Å². The third-order valence-corrected chi connectivity index (χ3v) is 7.63. The van der Waals surface area contributed by atoms with Crippen molar-refractivity contribution in [1.29, 1.82) is 0 Å². The van der Waals surface area contributed by atoms with Gasteiger partial charge >= 0.3 is 0 Å². The van der Waals surface area contributed by atoms with Crippen LogP contribution in [-0.4, -0.2) is 60.0 Å². The molecule has 0 unspecified atom stereocenters. The number of benzene rings is 1. The highest BCUT2D eigenvalue weighted by Crippen LogP contribution is 2.27. The molecule has 0 radical (unpaired) electrons. The molecule has 3 heterocycles. The van der Waals surface area contributed by atoms with Crippen LogP contribution < -0.4 is 10.2 Å². The minimum atomic E-state index is -0.00937. The van der Waals surface area contributed by atoms with Crippen LogP contribution in [0, 0.1) is 5.92 Å². The number of carbonyl (C=O) groups is 1. The van der Waals surface area contributed by atoms with E-state index in [1.165, 1.54) is 32.1 Å². The lowest BCUT2D eigenvalue weighted by molar-refractivity contribution is 0.0946. The minimum Gasteiger partial charge on any atom is -0.356 e. The summed E-state index contributed by atoms with van der Waals surface area (Å²) in [6, 6.07) is 9.66. The van der Waals surface area contributed by atoms with E-state index in [9.17, 15) is 4.79 Å². The first kappa shape index (κ1) is 24.3. The van der Waals surface area contributed by atoms with Crippen molar-refractivity contribution in [2.75, 3.05) is 44.2 Å². The number of nitrogens with one attached hydrogen (secondary N) is 1. The van der Waals surface area contributed by atoms with Crippen molar-refractivity contribution >= 4 is 35.1 Å². The molecule has 178 valence electrons. The molecule has 0 saturated carbocycles. The highest BCUT2D eigenvalue weighted by Gasteiger charge is 2.18. The monoisotopic (exact) mass is 487 g/mol. The lowest BCUT2D eigenvalue weighted by Gasteiger charge is -2.31. The maximum absolute atomic E-state index is 12.4. The van der Waals surface area contributed by atoms with E-state index in [1.54, 1.807) is 11.8 Å². The summed E-state index contributed by atoms with van der Waals surface area (Å²) < 4.78 is 0. The zero-order chi connectivity index (χ0) is 23.0. The summed E-state index contributed by atoms with van der Waals surface area (Å²) in [6.45, 7) is 8.25. The summed E-state index contributed by atoms with van der Waals surface area (Å²) in [5.41, 5.74) is 1.82. The first-order valence-corrected chi connectivity index (χ1v) is 13.4. The van der Waals surface area contributed by atoms with Crippen molar-refractivity contribution in [3.63, 3.8) is 0 Å². The second kappa shape index (κ2) is 12.0. The average molecular weight is 488 g/mol. The Balaban J connectivity index is 1.26. The van der Waals surface area contributed by atoms with Crippen molar-refractivity contribution in [3.8, 4) is 0 Å². The van der Waals surface area contributed by atoms with Crippen molar-refractivity contribution < 1.29 is 4.79 Å². The van der Waals surface area contributed by atoms with Gasteiger partial charge in [-0.3, -0.25) is 4.79 Å². The van der Waals surface area contributed by atoms with E-state index in [1.807, 2.05) is 30.3 Å². The fraction of sp³-hybridized carbons (Fsp3) is 0.560. The molecule has 0 atom stereocenters. The predicted molar refractivity (Wildman–Crippen MR) is 136 cm³/mol. The Morgan fingerprint density at radius 3 is 2.55 bits per heavy atom. The van der Waals surface area contributed by atoms with E-state index in [-0.39, 0.29) is 5.91 Å². The minimum absolute atomic E-state index is 0.00937. The summed E-state index contributed by atoms with van der Waals surface area (Å²) >= 11 is 7.86. The molecule has 6 nitrogen and oxygen atoms in total. The lowest BCUT2D eigenvalue weighted by atomic mass is 9.99. The van der Waals surface area contributed by atoms with Gasteiger partial charge < -0.3 is 15.1 Å². The number of amides is 1. The SMILES string of the molecule is CC1CCN(c2cc(Cl)nc(SCc3ccc(C(=O)NCCN4CCCCC4)cc3)n2)CC1. The largest absolute Gasteiger partial charge is 0.356 e. The third-order valence-electron chi connectivity index (χ3n) is 6.51. The fourth-order valence-corrected chi connectivity index (χ4v) is 5.40. The predicted octanol–water partition coefficient (Wildman–Crippen LogP) is 4.87. The number of anilines is 1. The van der Waals surface area contributed by atoms with Gasteiger partial charge in [0.15, 0.2) is 5.16 Å². The van der Waals surface area contributed by atoms with Crippen LogP contribution in [0.2, 0.25) is 5.15 Å². The van der Waals surface area contributed by atoms with Gasteiger partial charge in [0.2, 0.25) is 0 Å². The Kier molecular flexibility index (Phi) is 8.87. The van der Waals surface area contributed by atoms with Gasteiger partial charge in [-0.05, 0) is 62.4 Å². The third kappa shape index (κ3) is 7.33. The Bertz CT molecular complexity index is 912. The fourth-order valence-electron chi connectivity index (χ4n) is 4.36. The van der Waals surface area contributed by atoms with Gasteiger partial charge in [0.25, 0.3) is 5.91 Å². The van der Waals surface area contributed by atoms with Gasteiger partial charge in [0.1, 0.15) is 11.0 Å². The molecule has 2 saturated heterocycles. The van der Waals surface area contributed by atoms with Crippen LogP contribution in [0.15, 0.2) is 35.5 Å². The van der Waals surface area contributed by atoms with E-state index < -0.39 is 0 Å². The molecule has 33 heavy (non-hydrogen) atoms. The van der Waals surface area contributed by atoms with Gasteiger partial charge in [-0.25, -0.2) is 9.97 Å². The van der Waals surface area contributed by atoms with Crippen LogP contribution in [-0.2, 0) is 5.75 Å². The number of halogens is 1. The highest BCUT2D eigenvalue weighted by molar-refractivity contribution is 7.98. The van der Waals surface area contributed by atoms with E-state index in [0.29, 0.717) is 22.4 Å². The maximum Gasteiger partial charge on any atom is 0.251 e. The summed E-state index contributed by atoms with van der Waals surface area (Å²) in [7, 11) is 0. The number of hydrogen-bond donors (Lipinski definition) is 1. The Morgan fingerprint density at radius 1 is 1.09 bits per heavy atom. The molecule has 0 spiro atoms.